The van der Waals surface area contributed by atoms with E-state index in [4.69, 9.17) is 0 Å². The van der Waals surface area contributed by atoms with Gasteiger partial charge in [0, 0.05) is 19.3 Å². The molecule has 1 heteroatoms. The van der Waals surface area contributed by atoms with Gasteiger partial charge in [-0.1, -0.05) is 47.5 Å². The van der Waals surface area contributed by atoms with Crippen LogP contribution in [-0.2, 0) is 13.0 Å². The lowest BCUT2D eigenvalue weighted by Crippen LogP contribution is -2.17. The summed E-state index contributed by atoms with van der Waals surface area (Å²) < 4.78 is 0. The minimum Gasteiger partial charge on any atom is -0.370 e. The van der Waals surface area contributed by atoms with E-state index in [-0.39, 0.29) is 0 Å². The Morgan fingerprint density at radius 2 is 1.60 bits per heavy atom. The molecule has 0 aliphatic rings. The van der Waals surface area contributed by atoms with Gasteiger partial charge < -0.3 is 4.90 Å². The summed E-state index contributed by atoms with van der Waals surface area (Å²) in [5, 5.41) is 0. The molecule has 0 N–H and O–H groups in total. The summed E-state index contributed by atoms with van der Waals surface area (Å²) in [5.41, 5.74) is 6.60. The lowest BCUT2D eigenvalue weighted by Gasteiger charge is -2.21. The number of rotatable bonds is 5. The van der Waals surface area contributed by atoms with E-state index in [0.717, 1.165) is 13.0 Å². The molecule has 0 aliphatic carbocycles. The minimum atomic E-state index is 0.923. The predicted molar refractivity (Wildman–Crippen MR) is 88.4 cm³/mol. The molecule has 0 saturated carbocycles. The van der Waals surface area contributed by atoms with Crippen molar-refractivity contribution in [3.63, 3.8) is 0 Å². The summed E-state index contributed by atoms with van der Waals surface area (Å²) in [7, 11) is 2.14. The van der Waals surface area contributed by atoms with Crippen LogP contribution >= 0.6 is 0 Å². The van der Waals surface area contributed by atoms with Crippen LogP contribution in [0.15, 0.2) is 55.1 Å². The van der Waals surface area contributed by atoms with Gasteiger partial charge in [-0.25, -0.2) is 0 Å². The maximum Gasteiger partial charge on any atom is 0.0429 e. The van der Waals surface area contributed by atoms with Gasteiger partial charge in [0.2, 0.25) is 0 Å². The Labute approximate surface area is 122 Å². The minimum absolute atomic E-state index is 0.923. The van der Waals surface area contributed by atoms with Crippen LogP contribution in [0, 0.1) is 13.8 Å². The predicted octanol–water partition coefficient (Wildman–Crippen LogP) is 4.67. The highest BCUT2D eigenvalue weighted by atomic mass is 15.1. The Kier molecular flexibility index (Phi) is 4.62. The summed E-state index contributed by atoms with van der Waals surface area (Å²) in [6, 6.07) is 15.4. The molecular formula is C19H23N. The Hall–Kier alpha value is -2.02. The number of benzene rings is 2. The molecule has 0 bridgehead atoms. The second-order valence-electron chi connectivity index (χ2n) is 5.46. The van der Waals surface area contributed by atoms with E-state index in [1.807, 2.05) is 6.08 Å². The molecule has 0 saturated heterocycles. The van der Waals surface area contributed by atoms with E-state index >= 15 is 0 Å². The summed E-state index contributed by atoms with van der Waals surface area (Å²) in [6.45, 7) is 9.04. The first-order valence-electron chi connectivity index (χ1n) is 7.07. The molecule has 0 spiro atoms. The average Bonchev–Trinajstić information content (AvgIpc) is 2.43. The molecule has 1 nitrogen and oxygen atoms in total. The Morgan fingerprint density at radius 1 is 0.950 bits per heavy atom. The van der Waals surface area contributed by atoms with Gasteiger partial charge in [-0.15, -0.1) is 6.58 Å². The van der Waals surface area contributed by atoms with Gasteiger partial charge in [-0.3, -0.25) is 0 Å². The molecule has 0 radical (unpaired) electrons. The van der Waals surface area contributed by atoms with Crippen molar-refractivity contribution in [1.82, 2.24) is 0 Å². The molecular weight excluding hydrogens is 242 g/mol. The Morgan fingerprint density at radius 3 is 2.25 bits per heavy atom. The molecule has 0 amide bonds. The van der Waals surface area contributed by atoms with Crippen molar-refractivity contribution < 1.29 is 0 Å². The summed E-state index contributed by atoms with van der Waals surface area (Å²) in [5.74, 6) is 0. The van der Waals surface area contributed by atoms with Crippen LogP contribution in [0.25, 0.3) is 0 Å². The smallest absolute Gasteiger partial charge is 0.0429 e. The van der Waals surface area contributed by atoms with Crippen LogP contribution < -0.4 is 4.90 Å². The van der Waals surface area contributed by atoms with E-state index in [9.17, 15) is 0 Å². The van der Waals surface area contributed by atoms with Crippen molar-refractivity contribution in [1.29, 1.82) is 0 Å². The van der Waals surface area contributed by atoms with Gasteiger partial charge >= 0.3 is 0 Å². The van der Waals surface area contributed by atoms with E-state index in [0.29, 0.717) is 0 Å². The van der Waals surface area contributed by atoms with Crippen LogP contribution in [0.3, 0.4) is 0 Å². The standard InChI is InChI=1S/C19H23N/c1-5-6-17-13-16(3)7-10-18(17)14-20(4)19-11-8-15(2)9-12-19/h5,7-13H,1,6,14H2,2-4H3. The average molecular weight is 265 g/mol. The maximum atomic E-state index is 3.86. The molecule has 0 heterocycles. The van der Waals surface area contributed by atoms with Gasteiger partial charge in [0.05, 0.1) is 0 Å². The Bertz CT molecular complexity index is 581. The maximum absolute atomic E-state index is 3.86. The summed E-state index contributed by atoms with van der Waals surface area (Å²) in [4.78, 5) is 2.29. The first-order valence-corrected chi connectivity index (χ1v) is 7.07. The lowest BCUT2D eigenvalue weighted by atomic mass is 10.0. The van der Waals surface area contributed by atoms with Gasteiger partial charge in [0.25, 0.3) is 0 Å². The molecule has 2 aromatic carbocycles. The number of nitrogens with zero attached hydrogens (tertiary/aromatic N) is 1. The first kappa shape index (κ1) is 14.4. The largest absolute Gasteiger partial charge is 0.370 e. The van der Waals surface area contributed by atoms with Crippen LogP contribution in [0.2, 0.25) is 0 Å². The number of hydrogen-bond donors (Lipinski definition) is 0. The lowest BCUT2D eigenvalue weighted by molar-refractivity contribution is 0.907. The zero-order valence-electron chi connectivity index (χ0n) is 12.7. The van der Waals surface area contributed by atoms with Gasteiger partial charge in [-0.05, 0) is 43.5 Å². The van der Waals surface area contributed by atoms with E-state index in [1.165, 1.54) is 27.9 Å². The van der Waals surface area contributed by atoms with E-state index in [1.54, 1.807) is 0 Å². The van der Waals surface area contributed by atoms with Crippen molar-refractivity contribution in [3.05, 3.63) is 77.4 Å². The molecule has 0 fully saturated rings. The van der Waals surface area contributed by atoms with Crippen molar-refractivity contribution in [2.75, 3.05) is 11.9 Å². The van der Waals surface area contributed by atoms with Gasteiger partial charge in [-0.2, -0.15) is 0 Å². The molecule has 0 aromatic heterocycles. The fourth-order valence-electron chi connectivity index (χ4n) is 2.40. The SMILES string of the molecule is C=CCc1cc(C)ccc1CN(C)c1ccc(C)cc1. The van der Waals surface area contributed by atoms with E-state index in [2.05, 4.69) is 74.8 Å². The number of allylic oxidation sites excluding steroid dienone is 1. The van der Waals surface area contributed by atoms with Crippen molar-refractivity contribution >= 4 is 5.69 Å². The zero-order valence-corrected chi connectivity index (χ0v) is 12.7. The molecule has 0 atom stereocenters. The zero-order chi connectivity index (χ0) is 14.5. The number of hydrogen-bond acceptors (Lipinski definition) is 1. The fourth-order valence-corrected chi connectivity index (χ4v) is 2.40. The third-order valence-electron chi connectivity index (χ3n) is 3.61. The van der Waals surface area contributed by atoms with E-state index < -0.39 is 0 Å². The number of anilines is 1. The van der Waals surface area contributed by atoms with Gasteiger partial charge in [0.15, 0.2) is 0 Å². The van der Waals surface area contributed by atoms with Gasteiger partial charge in [0.1, 0.15) is 0 Å². The molecule has 20 heavy (non-hydrogen) atoms. The number of aryl methyl sites for hydroxylation is 2. The monoisotopic (exact) mass is 265 g/mol. The normalized spacial score (nSPS) is 10.3. The third kappa shape index (κ3) is 3.51. The molecule has 2 rings (SSSR count). The van der Waals surface area contributed by atoms with Crippen LogP contribution in [0.4, 0.5) is 5.69 Å². The highest BCUT2D eigenvalue weighted by Crippen LogP contribution is 2.19. The highest BCUT2D eigenvalue weighted by molar-refractivity contribution is 5.48. The highest BCUT2D eigenvalue weighted by Gasteiger charge is 2.06. The first-order chi connectivity index (χ1) is 9.60. The van der Waals surface area contributed by atoms with Crippen molar-refractivity contribution in [2.24, 2.45) is 0 Å². The van der Waals surface area contributed by atoms with Crippen molar-refractivity contribution in [3.8, 4) is 0 Å². The quantitative estimate of drug-likeness (QED) is 0.710. The molecule has 2 aromatic rings. The summed E-state index contributed by atoms with van der Waals surface area (Å²) >= 11 is 0. The molecule has 0 aliphatic heterocycles. The molecule has 104 valence electrons. The topological polar surface area (TPSA) is 3.24 Å². The fraction of sp³-hybridized carbons (Fsp3) is 0.263. The van der Waals surface area contributed by atoms with Crippen LogP contribution in [0.5, 0.6) is 0 Å². The van der Waals surface area contributed by atoms with Crippen LogP contribution in [-0.4, -0.2) is 7.05 Å². The Balaban J connectivity index is 2.20. The second-order valence-corrected chi connectivity index (χ2v) is 5.46. The van der Waals surface area contributed by atoms with Crippen molar-refractivity contribution in [2.45, 2.75) is 26.8 Å². The molecule has 0 unspecified atom stereocenters. The summed E-state index contributed by atoms with van der Waals surface area (Å²) in [6.07, 6.45) is 2.91. The van der Waals surface area contributed by atoms with Crippen LogP contribution in [0.1, 0.15) is 22.3 Å². The third-order valence-corrected chi connectivity index (χ3v) is 3.61. The second kappa shape index (κ2) is 6.42.